The summed E-state index contributed by atoms with van der Waals surface area (Å²) in [5.74, 6) is -0.515. The number of benzene rings is 1. The molecule has 0 amide bonds. The molecule has 2 N–H and O–H groups in total. The average molecular weight is 437 g/mol. The van der Waals surface area contributed by atoms with Gasteiger partial charge in [-0.05, 0) is 42.7 Å². The first-order valence-corrected chi connectivity index (χ1v) is 11.0. The lowest BCUT2D eigenvalue weighted by Gasteiger charge is -2.08. The molecular formula is C21H16N4O3S2. The first-order valence-electron chi connectivity index (χ1n) is 9.19. The van der Waals surface area contributed by atoms with Crippen molar-refractivity contribution in [2.24, 2.45) is 0 Å². The van der Waals surface area contributed by atoms with Crippen LogP contribution in [0.1, 0.15) is 26.4 Å². The fourth-order valence-corrected chi connectivity index (χ4v) is 5.81. The van der Waals surface area contributed by atoms with Crippen LogP contribution in [-0.4, -0.2) is 30.7 Å². The van der Waals surface area contributed by atoms with Crippen molar-refractivity contribution in [2.45, 2.75) is 24.8 Å². The van der Waals surface area contributed by atoms with Crippen molar-refractivity contribution >= 4 is 55.8 Å². The van der Waals surface area contributed by atoms with Gasteiger partial charge in [-0.2, -0.15) is 0 Å². The number of nitrogens with one attached hydrogen (secondary N) is 1. The maximum atomic E-state index is 12.1. The number of carbonyl (C=O) groups is 1. The Labute approximate surface area is 178 Å². The zero-order valence-corrected chi connectivity index (χ0v) is 17.7. The summed E-state index contributed by atoms with van der Waals surface area (Å²) in [4.78, 5) is 27.2. The van der Waals surface area contributed by atoms with Gasteiger partial charge in [0.15, 0.2) is 10.8 Å². The highest BCUT2D eigenvalue weighted by atomic mass is 32.2. The Balaban J connectivity index is 1.61. The standard InChI is InChI=1S/C21H16N4O3S2/c1-10-7-15-23-24-21(25(15)14-6-4-3-5-13(10)14)29-9-12-8-16(26)22-19-17(12)11(2)18(30-19)20(27)28/h3-8H,9H2,1-2H3,(H,22,26)(H,27,28). The number of aryl methyl sites for hydroxylation is 2. The minimum absolute atomic E-state index is 0.243. The average Bonchev–Trinajstić information content (AvgIpc) is 3.27. The van der Waals surface area contributed by atoms with E-state index < -0.39 is 5.97 Å². The number of carboxylic acids is 1. The second-order valence-corrected chi connectivity index (χ2v) is 9.00. The molecule has 4 heterocycles. The summed E-state index contributed by atoms with van der Waals surface area (Å²) in [6, 6.07) is 11.6. The summed E-state index contributed by atoms with van der Waals surface area (Å²) in [5, 5.41) is 20.8. The predicted octanol–water partition coefficient (Wildman–Crippen LogP) is 4.39. The van der Waals surface area contributed by atoms with Gasteiger partial charge in [-0.15, -0.1) is 21.5 Å². The number of thioether (sulfide) groups is 1. The molecule has 1 aromatic carbocycles. The lowest BCUT2D eigenvalue weighted by molar-refractivity contribution is 0.0701. The molecule has 0 atom stereocenters. The van der Waals surface area contributed by atoms with Gasteiger partial charge < -0.3 is 10.1 Å². The topological polar surface area (TPSA) is 100 Å². The van der Waals surface area contributed by atoms with Gasteiger partial charge in [0.25, 0.3) is 0 Å². The third-order valence-corrected chi connectivity index (χ3v) is 7.31. The second-order valence-electron chi connectivity index (χ2n) is 7.03. The van der Waals surface area contributed by atoms with Crippen LogP contribution in [0, 0.1) is 13.8 Å². The third kappa shape index (κ3) is 2.89. The van der Waals surface area contributed by atoms with Crippen molar-refractivity contribution in [3.05, 3.63) is 68.3 Å². The third-order valence-electron chi connectivity index (χ3n) is 5.13. The van der Waals surface area contributed by atoms with Crippen molar-refractivity contribution in [1.29, 1.82) is 0 Å². The maximum Gasteiger partial charge on any atom is 0.346 e. The van der Waals surface area contributed by atoms with Crippen molar-refractivity contribution in [1.82, 2.24) is 19.6 Å². The molecule has 9 heteroatoms. The van der Waals surface area contributed by atoms with Crippen LogP contribution >= 0.6 is 23.1 Å². The quantitative estimate of drug-likeness (QED) is 0.405. The van der Waals surface area contributed by atoms with Crippen LogP contribution in [-0.2, 0) is 5.75 Å². The van der Waals surface area contributed by atoms with E-state index in [0.717, 1.165) is 49.6 Å². The van der Waals surface area contributed by atoms with Crippen LogP contribution < -0.4 is 5.56 Å². The van der Waals surface area contributed by atoms with Gasteiger partial charge in [0.1, 0.15) is 9.71 Å². The molecule has 7 nitrogen and oxygen atoms in total. The highest BCUT2D eigenvalue weighted by Gasteiger charge is 2.19. The smallest absolute Gasteiger partial charge is 0.346 e. The van der Waals surface area contributed by atoms with Crippen molar-refractivity contribution in [3.63, 3.8) is 0 Å². The van der Waals surface area contributed by atoms with Crippen LogP contribution in [0.15, 0.2) is 46.3 Å². The number of para-hydroxylation sites is 1. The molecule has 0 spiro atoms. The van der Waals surface area contributed by atoms with Crippen LogP contribution in [0.25, 0.3) is 26.8 Å². The number of hydrogen-bond donors (Lipinski definition) is 2. The number of H-pyrrole nitrogens is 1. The molecule has 0 radical (unpaired) electrons. The van der Waals surface area contributed by atoms with Crippen molar-refractivity contribution in [3.8, 4) is 0 Å². The molecule has 0 bridgehead atoms. The van der Waals surface area contributed by atoms with Gasteiger partial charge in [0.05, 0.1) is 5.52 Å². The number of nitrogens with zero attached hydrogens (tertiary/aromatic N) is 3. The molecule has 0 saturated heterocycles. The van der Waals surface area contributed by atoms with Crippen LogP contribution in [0.4, 0.5) is 0 Å². The molecule has 150 valence electrons. The van der Waals surface area contributed by atoms with Crippen molar-refractivity contribution < 1.29 is 9.90 Å². The summed E-state index contributed by atoms with van der Waals surface area (Å²) in [5.41, 5.74) is 4.13. The number of hydrogen-bond acceptors (Lipinski definition) is 6. The number of rotatable bonds is 4. The first kappa shape index (κ1) is 18.8. The van der Waals surface area contributed by atoms with Gasteiger partial charge in [-0.3, -0.25) is 9.20 Å². The molecule has 5 aromatic rings. The van der Waals surface area contributed by atoms with E-state index in [9.17, 15) is 14.7 Å². The molecule has 0 aliphatic carbocycles. The van der Waals surface area contributed by atoms with E-state index in [1.54, 1.807) is 6.92 Å². The number of carboxylic acid groups (broad SMARTS) is 1. The summed E-state index contributed by atoms with van der Waals surface area (Å²) >= 11 is 2.57. The molecule has 0 saturated carbocycles. The van der Waals surface area contributed by atoms with Gasteiger partial charge in [-0.25, -0.2) is 4.79 Å². The fourth-order valence-electron chi connectivity index (χ4n) is 3.79. The summed E-state index contributed by atoms with van der Waals surface area (Å²) < 4.78 is 2.01. The first-order chi connectivity index (χ1) is 14.4. The normalized spacial score (nSPS) is 11.7. The monoisotopic (exact) mass is 436 g/mol. The molecule has 4 aromatic heterocycles. The predicted molar refractivity (Wildman–Crippen MR) is 119 cm³/mol. The number of aromatic nitrogens is 4. The SMILES string of the molecule is Cc1cc2nnc(SCc3cc(=O)[nH]c4sc(C(=O)O)c(C)c34)n2c2ccccc12. The summed E-state index contributed by atoms with van der Waals surface area (Å²) in [7, 11) is 0. The largest absolute Gasteiger partial charge is 0.477 e. The Bertz CT molecular complexity index is 1530. The number of aromatic amines is 1. The fraction of sp³-hybridized carbons (Fsp3) is 0.143. The number of pyridine rings is 2. The van der Waals surface area contributed by atoms with Crippen LogP contribution in [0.3, 0.4) is 0 Å². The molecule has 0 aliphatic rings. The van der Waals surface area contributed by atoms with Gasteiger partial charge in [-0.1, -0.05) is 30.0 Å². The summed E-state index contributed by atoms with van der Waals surface area (Å²) in [6.07, 6.45) is 0. The zero-order valence-electron chi connectivity index (χ0n) is 16.1. The van der Waals surface area contributed by atoms with E-state index >= 15 is 0 Å². The molecule has 30 heavy (non-hydrogen) atoms. The van der Waals surface area contributed by atoms with Crippen LogP contribution in [0.5, 0.6) is 0 Å². The Morgan fingerprint density at radius 3 is 2.83 bits per heavy atom. The Hall–Kier alpha value is -3.17. The molecular weight excluding hydrogens is 420 g/mol. The van der Waals surface area contributed by atoms with Gasteiger partial charge >= 0.3 is 5.97 Å². The van der Waals surface area contributed by atoms with E-state index in [1.807, 2.05) is 28.7 Å². The molecule has 0 unspecified atom stereocenters. The Kier molecular flexibility index (Phi) is 4.37. The summed E-state index contributed by atoms with van der Waals surface area (Å²) in [6.45, 7) is 3.83. The number of thiophene rings is 1. The Morgan fingerprint density at radius 2 is 2.03 bits per heavy atom. The highest BCUT2D eigenvalue weighted by molar-refractivity contribution is 7.98. The second kappa shape index (κ2) is 6.96. The van der Waals surface area contributed by atoms with E-state index in [2.05, 4.69) is 28.2 Å². The van der Waals surface area contributed by atoms with E-state index in [0.29, 0.717) is 16.1 Å². The zero-order chi connectivity index (χ0) is 21.0. The molecule has 5 rings (SSSR count). The molecule has 0 aliphatic heterocycles. The van der Waals surface area contributed by atoms with E-state index in [4.69, 9.17) is 0 Å². The minimum Gasteiger partial charge on any atom is -0.477 e. The van der Waals surface area contributed by atoms with Gasteiger partial charge in [0.2, 0.25) is 5.56 Å². The Morgan fingerprint density at radius 1 is 1.23 bits per heavy atom. The number of fused-ring (bicyclic) bond motifs is 4. The lowest BCUT2D eigenvalue weighted by Crippen LogP contribution is -2.05. The van der Waals surface area contributed by atoms with Crippen molar-refractivity contribution in [2.75, 3.05) is 0 Å². The van der Waals surface area contributed by atoms with E-state index in [-0.39, 0.29) is 10.4 Å². The minimum atomic E-state index is -0.988. The maximum absolute atomic E-state index is 12.1. The molecule has 0 fully saturated rings. The highest BCUT2D eigenvalue weighted by Crippen LogP contribution is 2.34. The lowest BCUT2D eigenvalue weighted by atomic mass is 10.1. The van der Waals surface area contributed by atoms with E-state index in [1.165, 1.54) is 17.8 Å². The van der Waals surface area contributed by atoms with Crippen LogP contribution in [0.2, 0.25) is 0 Å². The van der Waals surface area contributed by atoms with Gasteiger partial charge in [0, 0.05) is 22.6 Å². The number of aromatic carboxylic acids is 1.